The fourth-order valence-electron chi connectivity index (χ4n) is 2.21. The van der Waals surface area contributed by atoms with E-state index in [2.05, 4.69) is 10.3 Å². The molecule has 2 aromatic carbocycles. The number of hydrogen-bond donors (Lipinski definition) is 1. The molecular weight excluding hydrogens is 355 g/mol. The van der Waals surface area contributed by atoms with Crippen molar-refractivity contribution in [2.45, 2.75) is 6.92 Å². The van der Waals surface area contributed by atoms with Crippen LogP contribution in [-0.2, 0) is 9.53 Å². The zero-order valence-corrected chi connectivity index (χ0v) is 14.7. The Balaban J connectivity index is 1.76. The number of para-hydroxylation sites is 1. The first-order chi connectivity index (χ1) is 12.6. The van der Waals surface area contributed by atoms with Gasteiger partial charge in [0.15, 0.2) is 5.17 Å². The van der Waals surface area contributed by atoms with Crippen molar-refractivity contribution in [1.29, 1.82) is 0 Å². The molecule has 1 saturated heterocycles. The maximum absolute atomic E-state index is 13.7. The molecule has 1 heterocycles. The van der Waals surface area contributed by atoms with Crippen LogP contribution in [0.3, 0.4) is 0 Å². The Labute approximate surface area is 154 Å². The Morgan fingerprint density at radius 3 is 2.65 bits per heavy atom. The van der Waals surface area contributed by atoms with E-state index in [0.29, 0.717) is 22.2 Å². The van der Waals surface area contributed by atoms with Gasteiger partial charge in [-0.2, -0.15) is 0 Å². The summed E-state index contributed by atoms with van der Waals surface area (Å²) >= 11 is 1.13. The summed E-state index contributed by atoms with van der Waals surface area (Å²) in [7, 11) is 0. The third-order valence-corrected chi connectivity index (χ3v) is 4.35. The van der Waals surface area contributed by atoms with Gasteiger partial charge < -0.3 is 10.1 Å². The molecule has 0 spiro atoms. The predicted molar refractivity (Wildman–Crippen MR) is 99.6 cm³/mol. The summed E-state index contributed by atoms with van der Waals surface area (Å²) in [6, 6.07) is 12.8. The highest BCUT2D eigenvalue weighted by Crippen LogP contribution is 2.28. The van der Waals surface area contributed by atoms with E-state index in [1.54, 1.807) is 49.4 Å². The Bertz CT molecular complexity index is 907. The van der Waals surface area contributed by atoms with Crippen molar-refractivity contribution in [3.63, 3.8) is 0 Å². The van der Waals surface area contributed by atoms with Gasteiger partial charge >= 0.3 is 5.97 Å². The van der Waals surface area contributed by atoms with Gasteiger partial charge in [-0.05, 0) is 54.6 Å². The van der Waals surface area contributed by atoms with Crippen LogP contribution in [0.5, 0.6) is 0 Å². The molecule has 1 aliphatic rings. The highest BCUT2D eigenvalue weighted by molar-refractivity contribution is 8.18. The summed E-state index contributed by atoms with van der Waals surface area (Å²) in [5.41, 5.74) is 1.36. The normalized spacial score (nSPS) is 16.8. The molecule has 7 heteroatoms. The van der Waals surface area contributed by atoms with Gasteiger partial charge in [0, 0.05) is 0 Å². The van der Waals surface area contributed by atoms with E-state index in [-0.39, 0.29) is 17.6 Å². The van der Waals surface area contributed by atoms with Crippen LogP contribution in [0.15, 0.2) is 58.4 Å². The standard InChI is InChI=1S/C19H15FN2O3S/c1-2-25-18(24)13-9-7-12(8-10-13)11-16-17(23)22-19(26-16)21-15-6-4-3-5-14(15)20/h3-11H,2H2,1H3,(H,21,22,23)/b16-11-. The van der Waals surface area contributed by atoms with Crippen LogP contribution in [0.4, 0.5) is 10.1 Å². The zero-order chi connectivity index (χ0) is 18.5. The highest BCUT2D eigenvalue weighted by Gasteiger charge is 2.24. The molecule has 1 amide bonds. The number of amidine groups is 1. The molecule has 1 N–H and O–H groups in total. The molecule has 0 aliphatic carbocycles. The van der Waals surface area contributed by atoms with E-state index in [9.17, 15) is 14.0 Å². The number of halogens is 1. The second kappa shape index (κ2) is 7.97. The summed E-state index contributed by atoms with van der Waals surface area (Å²) in [6.45, 7) is 2.05. The second-order valence-corrected chi connectivity index (χ2v) is 6.31. The number of carbonyl (C=O) groups excluding carboxylic acids is 2. The summed E-state index contributed by atoms with van der Waals surface area (Å²) < 4.78 is 18.6. The van der Waals surface area contributed by atoms with Crippen LogP contribution in [0.1, 0.15) is 22.8 Å². The van der Waals surface area contributed by atoms with Gasteiger partial charge in [0.25, 0.3) is 5.91 Å². The van der Waals surface area contributed by atoms with Gasteiger partial charge in [-0.3, -0.25) is 4.79 Å². The maximum Gasteiger partial charge on any atom is 0.338 e. The molecule has 1 fully saturated rings. The van der Waals surface area contributed by atoms with Crippen molar-refractivity contribution >= 4 is 40.6 Å². The SMILES string of the molecule is CCOC(=O)c1ccc(/C=C2\SC(=Nc3ccccc3F)NC2=O)cc1. The van der Waals surface area contributed by atoms with Crippen molar-refractivity contribution < 1.29 is 18.7 Å². The number of nitrogens with zero attached hydrogens (tertiary/aromatic N) is 1. The van der Waals surface area contributed by atoms with E-state index >= 15 is 0 Å². The van der Waals surface area contributed by atoms with Crippen LogP contribution in [0.25, 0.3) is 6.08 Å². The number of nitrogens with one attached hydrogen (secondary N) is 1. The molecular formula is C19H15FN2O3S. The highest BCUT2D eigenvalue weighted by atomic mass is 32.2. The average Bonchev–Trinajstić information content (AvgIpc) is 2.97. The number of ether oxygens (including phenoxy) is 1. The van der Waals surface area contributed by atoms with E-state index in [1.165, 1.54) is 12.1 Å². The van der Waals surface area contributed by atoms with Crippen LogP contribution in [-0.4, -0.2) is 23.7 Å². The smallest absolute Gasteiger partial charge is 0.338 e. The average molecular weight is 370 g/mol. The molecule has 26 heavy (non-hydrogen) atoms. The summed E-state index contributed by atoms with van der Waals surface area (Å²) in [4.78, 5) is 28.3. The third kappa shape index (κ3) is 4.18. The minimum atomic E-state index is -0.457. The summed E-state index contributed by atoms with van der Waals surface area (Å²) in [5.74, 6) is -1.15. The number of thioether (sulfide) groups is 1. The minimum absolute atomic E-state index is 0.162. The van der Waals surface area contributed by atoms with E-state index in [0.717, 1.165) is 17.3 Å². The number of amides is 1. The fourth-order valence-corrected chi connectivity index (χ4v) is 3.05. The van der Waals surface area contributed by atoms with Crippen LogP contribution < -0.4 is 5.32 Å². The number of rotatable bonds is 4. The Morgan fingerprint density at radius 2 is 1.96 bits per heavy atom. The lowest BCUT2D eigenvalue weighted by Crippen LogP contribution is -2.19. The largest absolute Gasteiger partial charge is 0.462 e. The van der Waals surface area contributed by atoms with Gasteiger partial charge in [0.05, 0.1) is 17.1 Å². The quantitative estimate of drug-likeness (QED) is 0.655. The number of carbonyl (C=O) groups is 2. The van der Waals surface area contributed by atoms with E-state index < -0.39 is 5.82 Å². The first-order valence-corrected chi connectivity index (χ1v) is 8.70. The molecule has 0 bridgehead atoms. The van der Waals surface area contributed by atoms with Gasteiger partial charge in [-0.1, -0.05) is 24.3 Å². The zero-order valence-electron chi connectivity index (χ0n) is 13.9. The molecule has 1 aliphatic heterocycles. The summed E-state index contributed by atoms with van der Waals surface area (Å²) in [5, 5.41) is 2.93. The molecule has 0 atom stereocenters. The number of esters is 1. The molecule has 0 aromatic heterocycles. The van der Waals surface area contributed by atoms with Crippen LogP contribution >= 0.6 is 11.8 Å². The lowest BCUT2D eigenvalue weighted by molar-refractivity contribution is -0.115. The lowest BCUT2D eigenvalue weighted by atomic mass is 10.1. The van der Waals surface area contributed by atoms with Crippen molar-refractivity contribution in [2.24, 2.45) is 4.99 Å². The maximum atomic E-state index is 13.7. The molecule has 132 valence electrons. The first-order valence-electron chi connectivity index (χ1n) is 7.88. The van der Waals surface area contributed by atoms with Gasteiger partial charge in [-0.15, -0.1) is 0 Å². The molecule has 2 aromatic rings. The van der Waals surface area contributed by atoms with Gasteiger partial charge in [0.2, 0.25) is 0 Å². The third-order valence-electron chi connectivity index (χ3n) is 3.44. The number of aliphatic imine (C=N–C) groups is 1. The van der Waals surface area contributed by atoms with Gasteiger partial charge in [0.1, 0.15) is 11.5 Å². The fraction of sp³-hybridized carbons (Fsp3) is 0.105. The van der Waals surface area contributed by atoms with Crippen molar-refractivity contribution in [1.82, 2.24) is 5.32 Å². The molecule has 5 nitrogen and oxygen atoms in total. The Kier molecular flexibility index (Phi) is 5.48. The molecule has 0 radical (unpaired) electrons. The molecule has 0 saturated carbocycles. The van der Waals surface area contributed by atoms with Crippen molar-refractivity contribution in [3.8, 4) is 0 Å². The molecule has 3 rings (SSSR count). The second-order valence-electron chi connectivity index (χ2n) is 5.28. The van der Waals surface area contributed by atoms with Gasteiger partial charge in [-0.25, -0.2) is 14.2 Å². The topological polar surface area (TPSA) is 67.8 Å². The number of benzene rings is 2. The number of hydrogen-bond acceptors (Lipinski definition) is 5. The first kappa shape index (κ1) is 17.9. The summed E-state index contributed by atoms with van der Waals surface area (Å²) in [6.07, 6.45) is 1.68. The van der Waals surface area contributed by atoms with Crippen molar-refractivity contribution in [3.05, 3.63) is 70.4 Å². The van der Waals surface area contributed by atoms with Crippen LogP contribution in [0.2, 0.25) is 0 Å². The molecule has 0 unspecified atom stereocenters. The predicted octanol–water partition coefficient (Wildman–Crippen LogP) is 3.89. The van der Waals surface area contributed by atoms with E-state index in [4.69, 9.17) is 4.74 Å². The van der Waals surface area contributed by atoms with E-state index in [1.807, 2.05) is 0 Å². The Morgan fingerprint density at radius 1 is 1.23 bits per heavy atom. The minimum Gasteiger partial charge on any atom is -0.462 e. The van der Waals surface area contributed by atoms with Crippen molar-refractivity contribution in [2.75, 3.05) is 6.61 Å². The lowest BCUT2D eigenvalue weighted by Gasteiger charge is -2.02. The monoisotopic (exact) mass is 370 g/mol. The van der Waals surface area contributed by atoms with Crippen LogP contribution in [0, 0.1) is 5.82 Å². The Hall–Kier alpha value is -2.93.